The van der Waals surface area contributed by atoms with Gasteiger partial charge in [0.05, 0.1) is 19.3 Å². The Morgan fingerprint density at radius 2 is 2.12 bits per heavy atom. The molecule has 0 bridgehead atoms. The molecule has 2 fully saturated rings. The molecule has 1 saturated carbocycles. The van der Waals surface area contributed by atoms with E-state index in [2.05, 4.69) is 22.4 Å². The number of aromatic nitrogens is 1. The van der Waals surface area contributed by atoms with Gasteiger partial charge in [-0.1, -0.05) is 36.4 Å². The Kier molecular flexibility index (Phi) is 4.89. The zero-order valence-electron chi connectivity index (χ0n) is 14.9. The van der Waals surface area contributed by atoms with Crippen LogP contribution < -0.4 is 10.1 Å². The number of hydrogen-bond donors (Lipinski definition) is 1. The number of pyridine rings is 1. The van der Waals surface area contributed by atoms with Gasteiger partial charge in [0.25, 0.3) is 0 Å². The second-order valence-electron chi connectivity index (χ2n) is 7.12. The van der Waals surface area contributed by atoms with Gasteiger partial charge < -0.3 is 14.8 Å². The maximum Gasteiger partial charge on any atom is 0.224 e. The van der Waals surface area contributed by atoms with E-state index in [1.165, 1.54) is 5.56 Å². The summed E-state index contributed by atoms with van der Waals surface area (Å²) >= 11 is 0. The highest BCUT2D eigenvalue weighted by molar-refractivity contribution is 5.83. The lowest BCUT2D eigenvalue weighted by atomic mass is 10.1. The fraction of sp³-hybridized carbons (Fsp3) is 0.429. The summed E-state index contributed by atoms with van der Waals surface area (Å²) in [7, 11) is 0. The zero-order valence-corrected chi connectivity index (χ0v) is 14.9. The quantitative estimate of drug-likeness (QED) is 0.867. The average Bonchev–Trinajstić information content (AvgIpc) is 3.32. The summed E-state index contributed by atoms with van der Waals surface area (Å²) in [5.41, 5.74) is 2.23. The normalized spacial score (nSPS) is 25.5. The number of rotatable bonds is 6. The molecule has 4 rings (SSSR count). The fourth-order valence-electron chi connectivity index (χ4n) is 3.45. The van der Waals surface area contributed by atoms with E-state index in [0.717, 1.165) is 25.0 Å². The van der Waals surface area contributed by atoms with E-state index in [4.69, 9.17) is 9.47 Å². The zero-order chi connectivity index (χ0) is 17.9. The molecule has 1 amide bonds. The van der Waals surface area contributed by atoms with Crippen LogP contribution in [0.25, 0.3) is 0 Å². The maximum atomic E-state index is 12.5. The molecule has 1 aromatic carbocycles. The molecule has 0 radical (unpaired) electrons. The third-order valence-corrected chi connectivity index (χ3v) is 5.15. The standard InChI is InChI=1S/C21H24N2O3/c1-14(16-7-8-20(22-12-16)26-17-9-10-25-13-17)23-21(24)19-11-18(19)15-5-3-2-4-6-15/h2-8,12,14,17-19H,9-11,13H2,1H3,(H,23,24)/t14-,17+,18+,19-/m0/s1. The van der Waals surface area contributed by atoms with Crippen molar-refractivity contribution < 1.29 is 14.3 Å². The van der Waals surface area contributed by atoms with Crippen LogP contribution in [0.15, 0.2) is 48.7 Å². The van der Waals surface area contributed by atoms with E-state index in [1.807, 2.05) is 37.3 Å². The van der Waals surface area contributed by atoms with Gasteiger partial charge in [0, 0.05) is 24.6 Å². The van der Waals surface area contributed by atoms with E-state index < -0.39 is 0 Å². The van der Waals surface area contributed by atoms with Gasteiger partial charge in [-0.3, -0.25) is 4.79 Å². The number of amides is 1. The molecule has 0 unspecified atom stereocenters. The van der Waals surface area contributed by atoms with E-state index in [-0.39, 0.29) is 24.0 Å². The van der Waals surface area contributed by atoms with Crippen molar-refractivity contribution in [2.75, 3.05) is 13.2 Å². The summed E-state index contributed by atoms with van der Waals surface area (Å²) in [5, 5.41) is 3.11. The van der Waals surface area contributed by atoms with E-state index >= 15 is 0 Å². The molecular weight excluding hydrogens is 328 g/mol. The number of benzene rings is 1. The van der Waals surface area contributed by atoms with Gasteiger partial charge in [-0.15, -0.1) is 0 Å². The van der Waals surface area contributed by atoms with Gasteiger partial charge in [0.2, 0.25) is 11.8 Å². The largest absolute Gasteiger partial charge is 0.472 e. The van der Waals surface area contributed by atoms with Gasteiger partial charge in [0.1, 0.15) is 6.10 Å². The van der Waals surface area contributed by atoms with E-state index in [1.54, 1.807) is 6.20 Å². The average molecular weight is 352 g/mol. The summed E-state index contributed by atoms with van der Waals surface area (Å²) in [6.45, 7) is 3.36. The molecule has 0 spiro atoms. The Hall–Kier alpha value is -2.40. The number of carbonyl (C=O) groups is 1. The van der Waals surface area contributed by atoms with Crippen molar-refractivity contribution in [1.82, 2.24) is 10.3 Å². The minimum atomic E-state index is -0.0733. The number of hydrogen-bond acceptors (Lipinski definition) is 4. The van der Waals surface area contributed by atoms with Crippen LogP contribution in [0.2, 0.25) is 0 Å². The van der Waals surface area contributed by atoms with Gasteiger partial charge in [0.15, 0.2) is 0 Å². The minimum absolute atomic E-state index is 0.0733. The molecule has 4 atom stereocenters. The SMILES string of the molecule is C[C@H](NC(=O)[C@H]1C[C@@H]1c1ccccc1)c1ccc(O[C@@H]2CCOC2)nc1. The van der Waals surface area contributed by atoms with Crippen molar-refractivity contribution in [3.05, 3.63) is 59.8 Å². The molecule has 1 aromatic heterocycles. The first kappa shape index (κ1) is 17.0. The van der Waals surface area contributed by atoms with Crippen LogP contribution in [0.4, 0.5) is 0 Å². The smallest absolute Gasteiger partial charge is 0.224 e. The molecule has 2 aliphatic rings. The van der Waals surface area contributed by atoms with Crippen LogP contribution in [0, 0.1) is 5.92 Å². The molecule has 1 N–H and O–H groups in total. The van der Waals surface area contributed by atoms with Gasteiger partial charge in [-0.05, 0) is 30.4 Å². The summed E-state index contributed by atoms with van der Waals surface area (Å²) in [4.78, 5) is 16.9. The summed E-state index contributed by atoms with van der Waals surface area (Å²) in [5.74, 6) is 1.16. The molecule has 2 aromatic rings. The third-order valence-electron chi connectivity index (χ3n) is 5.15. The Balaban J connectivity index is 1.30. The topological polar surface area (TPSA) is 60.5 Å². The minimum Gasteiger partial charge on any atom is -0.472 e. The lowest BCUT2D eigenvalue weighted by Gasteiger charge is -2.15. The summed E-state index contributed by atoms with van der Waals surface area (Å²) in [6.07, 6.45) is 3.70. The van der Waals surface area contributed by atoms with Gasteiger partial charge >= 0.3 is 0 Å². The molecule has 136 valence electrons. The molecular formula is C21H24N2O3. The Bertz CT molecular complexity index is 742. The van der Waals surface area contributed by atoms with Crippen LogP contribution >= 0.6 is 0 Å². The van der Waals surface area contributed by atoms with Gasteiger partial charge in [-0.2, -0.15) is 0 Å². The summed E-state index contributed by atoms with van der Waals surface area (Å²) in [6, 6.07) is 14.0. The van der Waals surface area contributed by atoms with Crippen LogP contribution in [0.3, 0.4) is 0 Å². The van der Waals surface area contributed by atoms with Crippen molar-refractivity contribution in [3.8, 4) is 5.88 Å². The van der Waals surface area contributed by atoms with E-state index in [9.17, 15) is 4.79 Å². The molecule has 1 saturated heterocycles. The molecule has 5 heteroatoms. The highest BCUT2D eigenvalue weighted by Crippen LogP contribution is 2.47. The highest BCUT2D eigenvalue weighted by Gasteiger charge is 2.44. The maximum absolute atomic E-state index is 12.5. The lowest BCUT2D eigenvalue weighted by molar-refractivity contribution is -0.123. The monoisotopic (exact) mass is 352 g/mol. The predicted molar refractivity (Wildman–Crippen MR) is 97.9 cm³/mol. The first-order valence-corrected chi connectivity index (χ1v) is 9.26. The van der Waals surface area contributed by atoms with E-state index in [0.29, 0.717) is 18.4 Å². The van der Waals surface area contributed by atoms with Crippen LogP contribution in [0.5, 0.6) is 5.88 Å². The number of ether oxygens (including phenoxy) is 2. The molecule has 5 nitrogen and oxygen atoms in total. The summed E-state index contributed by atoms with van der Waals surface area (Å²) < 4.78 is 11.1. The molecule has 2 heterocycles. The van der Waals surface area contributed by atoms with Crippen molar-refractivity contribution in [1.29, 1.82) is 0 Å². The molecule has 1 aliphatic heterocycles. The second-order valence-corrected chi connectivity index (χ2v) is 7.12. The predicted octanol–water partition coefficient (Wildman–Crippen LogP) is 3.23. The van der Waals surface area contributed by atoms with Gasteiger partial charge in [-0.25, -0.2) is 4.98 Å². The highest BCUT2D eigenvalue weighted by atomic mass is 16.5. The van der Waals surface area contributed by atoms with Crippen molar-refractivity contribution >= 4 is 5.91 Å². The molecule has 26 heavy (non-hydrogen) atoms. The Morgan fingerprint density at radius 3 is 2.81 bits per heavy atom. The van der Waals surface area contributed by atoms with Crippen molar-refractivity contribution in [2.24, 2.45) is 5.92 Å². The van der Waals surface area contributed by atoms with Crippen LogP contribution in [0.1, 0.15) is 42.9 Å². The molecule has 1 aliphatic carbocycles. The van der Waals surface area contributed by atoms with Crippen molar-refractivity contribution in [2.45, 2.75) is 37.8 Å². The first-order valence-electron chi connectivity index (χ1n) is 9.26. The first-order chi connectivity index (χ1) is 12.7. The number of nitrogens with one attached hydrogen (secondary N) is 1. The number of nitrogens with zero attached hydrogens (tertiary/aromatic N) is 1. The lowest BCUT2D eigenvalue weighted by Crippen LogP contribution is -2.28. The van der Waals surface area contributed by atoms with Crippen LogP contribution in [-0.4, -0.2) is 30.2 Å². The Labute approximate surface area is 153 Å². The van der Waals surface area contributed by atoms with Crippen LogP contribution in [-0.2, 0) is 9.53 Å². The third kappa shape index (κ3) is 3.88. The fourth-order valence-corrected chi connectivity index (χ4v) is 3.45. The van der Waals surface area contributed by atoms with Crippen molar-refractivity contribution in [3.63, 3.8) is 0 Å². The Morgan fingerprint density at radius 1 is 1.27 bits per heavy atom. The second kappa shape index (κ2) is 7.46. The number of carbonyl (C=O) groups excluding carboxylic acids is 1.